The molecule has 0 amide bonds. The average Bonchev–Trinajstić information content (AvgIpc) is 2.77. The molecule has 0 aromatic heterocycles. The van der Waals surface area contributed by atoms with Gasteiger partial charge in [0.1, 0.15) is 0 Å². The molecule has 1 unspecified atom stereocenters. The van der Waals surface area contributed by atoms with E-state index in [4.69, 9.17) is 5.73 Å². The van der Waals surface area contributed by atoms with Gasteiger partial charge in [-0.25, -0.2) is 0 Å². The molecule has 1 aliphatic heterocycles. The standard InChI is InChI=1S/C14H28N2/c1-11(2)13-3-5-14(6-4-13)16-8-7-12(9-15)10-16/h11-14H,3-10,15H2,1-2H3. The predicted octanol–water partition coefficient (Wildman–Crippen LogP) is 2.48. The van der Waals surface area contributed by atoms with Crippen molar-refractivity contribution in [2.45, 2.75) is 52.0 Å². The zero-order valence-corrected chi connectivity index (χ0v) is 11.0. The highest BCUT2D eigenvalue weighted by molar-refractivity contribution is 4.85. The van der Waals surface area contributed by atoms with Crippen LogP contribution in [0.2, 0.25) is 0 Å². The molecule has 2 fully saturated rings. The SMILES string of the molecule is CC(C)C1CCC(N2CCC(CN)C2)CC1. The third kappa shape index (κ3) is 2.78. The minimum Gasteiger partial charge on any atom is -0.330 e. The van der Waals surface area contributed by atoms with Crippen LogP contribution in [0.3, 0.4) is 0 Å². The molecular formula is C14H28N2. The summed E-state index contributed by atoms with van der Waals surface area (Å²) < 4.78 is 0. The summed E-state index contributed by atoms with van der Waals surface area (Å²) in [5.41, 5.74) is 5.76. The molecule has 1 heterocycles. The van der Waals surface area contributed by atoms with Crippen LogP contribution in [0.4, 0.5) is 0 Å². The lowest BCUT2D eigenvalue weighted by atomic mass is 9.79. The second kappa shape index (κ2) is 5.50. The summed E-state index contributed by atoms with van der Waals surface area (Å²) in [6.07, 6.45) is 7.10. The Balaban J connectivity index is 1.77. The van der Waals surface area contributed by atoms with Gasteiger partial charge in [0.25, 0.3) is 0 Å². The Kier molecular flexibility index (Phi) is 4.26. The van der Waals surface area contributed by atoms with E-state index in [0.29, 0.717) is 0 Å². The van der Waals surface area contributed by atoms with Crippen molar-refractivity contribution in [2.75, 3.05) is 19.6 Å². The fourth-order valence-electron chi connectivity index (χ4n) is 3.52. The molecule has 0 aromatic carbocycles. The lowest BCUT2D eigenvalue weighted by Crippen LogP contribution is -2.37. The van der Waals surface area contributed by atoms with E-state index in [2.05, 4.69) is 18.7 Å². The molecule has 1 atom stereocenters. The maximum absolute atomic E-state index is 5.76. The van der Waals surface area contributed by atoms with E-state index in [-0.39, 0.29) is 0 Å². The monoisotopic (exact) mass is 224 g/mol. The Hall–Kier alpha value is -0.0800. The van der Waals surface area contributed by atoms with Crippen LogP contribution in [-0.2, 0) is 0 Å². The molecule has 1 aliphatic carbocycles. The smallest absolute Gasteiger partial charge is 0.00955 e. The number of likely N-dealkylation sites (tertiary alicyclic amines) is 1. The van der Waals surface area contributed by atoms with Crippen molar-refractivity contribution in [2.24, 2.45) is 23.5 Å². The predicted molar refractivity (Wildman–Crippen MR) is 69.3 cm³/mol. The van der Waals surface area contributed by atoms with E-state index in [1.165, 1.54) is 45.2 Å². The summed E-state index contributed by atoms with van der Waals surface area (Å²) in [6, 6.07) is 0.881. The molecule has 16 heavy (non-hydrogen) atoms. The molecule has 1 saturated heterocycles. The van der Waals surface area contributed by atoms with Crippen LogP contribution in [0.5, 0.6) is 0 Å². The molecule has 1 saturated carbocycles. The van der Waals surface area contributed by atoms with Gasteiger partial charge in [-0.15, -0.1) is 0 Å². The molecule has 2 aliphatic rings. The van der Waals surface area contributed by atoms with Gasteiger partial charge in [-0.2, -0.15) is 0 Å². The number of rotatable bonds is 3. The number of nitrogens with two attached hydrogens (primary N) is 1. The van der Waals surface area contributed by atoms with Crippen LogP contribution < -0.4 is 5.73 Å². The molecule has 2 nitrogen and oxygen atoms in total. The molecule has 0 spiro atoms. The maximum Gasteiger partial charge on any atom is 0.00955 e. The van der Waals surface area contributed by atoms with Crippen molar-refractivity contribution in [1.29, 1.82) is 0 Å². The highest BCUT2D eigenvalue weighted by Gasteiger charge is 2.31. The molecule has 0 radical (unpaired) electrons. The zero-order valence-electron chi connectivity index (χ0n) is 11.0. The van der Waals surface area contributed by atoms with Crippen molar-refractivity contribution in [1.82, 2.24) is 4.90 Å². The molecule has 94 valence electrons. The van der Waals surface area contributed by atoms with Crippen molar-refractivity contribution >= 4 is 0 Å². The fraction of sp³-hybridized carbons (Fsp3) is 1.00. The molecule has 0 bridgehead atoms. The molecular weight excluding hydrogens is 196 g/mol. The van der Waals surface area contributed by atoms with Gasteiger partial charge in [-0.3, -0.25) is 0 Å². The van der Waals surface area contributed by atoms with Crippen molar-refractivity contribution < 1.29 is 0 Å². The first-order valence-corrected chi connectivity index (χ1v) is 7.14. The Morgan fingerprint density at radius 2 is 1.81 bits per heavy atom. The molecule has 0 aromatic rings. The highest BCUT2D eigenvalue weighted by atomic mass is 15.2. The average molecular weight is 224 g/mol. The van der Waals surface area contributed by atoms with E-state index < -0.39 is 0 Å². The first kappa shape index (κ1) is 12.4. The van der Waals surface area contributed by atoms with Crippen LogP contribution >= 0.6 is 0 Å². The minimum atomic E-state index is 0.780. The van der Waals surface area contributed by atoms with Crippen molar-refractivity contribution in [3.63, 3.8) is 0 Å². The largest absolute Gasteiger partial charge is 0.330 e. The van der Waals surface area contributed by atoms with Gasteiger partial charge in [0.05, 0.1) is 0 Å². The Morgan fingerprint density at radius 1 is 1.12 bits per heavy atom. The quantitative estimate of drug-likeness (QED) is 0.798. The lowest BCUT2D eigenvalue weighted by molar-refractivity contribution is 0.143. The number of nitrogens with zero attached hydrogens (tertiary/aromatic N) is 1. The van der Waals surface area contributed by atoms with Crippen LogP contribution in [0, 0.1) is 17.8 Å². The topological polar surface area (TPSA) is 29.3 Å². The van der Waals surface area contributed by atoms with E-state index in [9.17, 15) is 0 Å². The minimum absolute atomic E-state index is 0.780. The van der Waals surface area contributed by atoms with Crippen LogP contribution in [0.15, 0.2) is 0 Å². The van der Waals surface area contributed by atoms with Gasteiger partial charge in [-0.05, 0) is 62.9 Å². The van der Waals surface area contributed by atoms with Gasteiger partial charge in [-0.1, -0.05) is 13.8 Å². The second-order valence-corrected chi connectivity index (χ2v) is 6.20. The summed E-state index contributed by atoms with van der Waals surface area (Å²) in [7, 11) is 0. The van der Waals surface area contributed by atoms with Crippen molar-refractivity contribution in [3.05, 3.63) is 0 Å². The number of hydrogen-bond donors (Lipinski definition) is 1. The van der Waals surface area contributed by atoms with Gasteiger partial charge in [0.2, 0.25) is 0 Å². The molecule has 2 heteroatoms. The Bertz CT molecular complexity index is 207. The van der Waals surface area contributed by atoms with Crippen LogP contribution in [-0.4, -0.2) is 30.6 Å². The highest BCUT2D eigenvalue weighted by Crippen LogP contribution is 2.33. The van der Waals surface area contributed by atoms with Gasteiger partial charge < -0.3 is 10.6 Å². The van der Waals surface area contributed by atoms with E-state index >= 15 is 0 Å². The van der Waals surface area contributed by atoms with Gasteiger partial charge in [0, 0.05) is 12.6 Å². The zero-order chi connectivity index (χ0) is 11.5. The summed E-state index contributed by atoms with van der Waals surface area (Å²) in [6.45, 7) is 8.22. The van der Waals surface area contributed by atoms with E-state index in [1.807, 2.05) is 0 Å². The summed E-state index contributed by atoms with van der Waals surface area (Å²) >= 11 is 0. The third-order valence-electron chi connectivity index (χ3n) is 4.85. The van der Waals surface area contributed by atoms with E-state index in [0.717, 1.165) is 30.3 Å². The first-order chi connectivity index (χ1) is 7.70. The normalized spacial score (nSPS) is 37.1. The van der Waals surface area contributed by atoms with Crippen LogP contribution in [0.1, 0.15) is 46.0 Å². The summed E-state index contributed by atoms with van der Waals surface area (Å²) in [5.74, 6) is 2.66. The fourth-order valence-corrected chi connectivity index (χ4v) is 3.52. The van der Waals surface area contributed by atoms with E-state index in [1.54, 1.807) is 0 Å². The Morgan fingerprint density at radius 3 is 2.31 bits per heavy atom. The molecule has 2 N–H and O–H groups in total. The number of hydrogen-bond acceptors (Lipinski definition) is 2. The van der Waals surface area contributed by atoms with Gasteiger partial charge in [0.15, 0.2) is 0 Å². The lowest BCUT2D eigenvalue weighted by Gasteiger charge is -2.36. The van der Waals surface area contributed by atoms with Crippen molar-refractivity contribution in [3.8, 4) is 0 Å². The summed E-state index contributed by atoms with van der Waals surface area (Å²) in [5, 5.41) is 0. The molecule has 2 rings (SSSR count). The second-order valence-electron chi connectivity index (χ2n) is 6.20. The third-order valence-corrected chi connectivity index (χ3v) is 4.85. The Labute approximate surface area is 101 Å². The summed E-state index contributed by atoms with van der Waals surface area (Å²) in [4.78, 5) is 2.72. The first-order valence-electron chi connectivity index (χ1n) is 7.14. The van der Waals surface area contributed by atoms with Crippen LogP contribution in [0.25, 0.3) is 0 Å². The van der Waals surface area contributed by atoms with Gasteiger partial charge >= 0.3 is 0 Å². The maximum atomic E-state index is 5.76.